The number of aromatic amines is 1. The van der Waals surface area contributed by atoms with Crippen molar-refractivity contribution >= 4 is 39.9 Å². The Labute approximate surface area is 125 Å². The number of carboxylic acid groups (broad SMARTS) is 1. The van der Waals surface area contributed by atoms with Crippen molar-refractivity contribution in [3.8, 4) is 0 Å². The fourth-order valence-electron chi connectivity index (χ4n) is 1.62. The number of amides is 2. The molecule has 0 fully saturated rings. The number of aliphatic carboxylic acids is 1. The van der Waals surface area contributed by atoms with Gasteiger partial charge in [-0.2, -0.15) is 0 Å². The van der Waals surface area contributed by atoms with Crippen LogP contribution in [0.15, 0.2) is 30.5 Å². The molecule has 2 aromatic rings. The minimum absolute atomic E-state index is 0. The average Bonchev–Trinajstić information content (AvgIpc) is 2.72. The molecule has 0 saturated carbocycles. The highest BCUT2D eigenvalue weighted by atomic mass is 79.9. The number of halogens is 1. The monoisotopic (exact) mass is 344 g/mol. The fourth-order valence-corrected chi connectivity index (χ4v) is 1.62. The third kappa shape index (κ3) is 5.29. The molecule has 0 aliphatic heterocycles. The second-order valence-electron chi connectivity index (χ2n) is 3.91. The number of carbonyl (C=O) groups excluding carboxylic acids is 1. The summed E-state index contributed by atoms with van der Waals surface area (Å²) in [5, 5.41) is 9.75. The van der Waals surface area contributed by atoms with E-state index in [-0.39, 0.29) is 17.0 Å². The molecule has 7 nitrogen and oxygen atoms in total. The lowest BCUT2D eigenvalue weighted by Gasteiger charge is -2.04. The van der Waals surface area contributed by atoms with Crippen LogP contribution < -0.4 is 17.2 Å². The first-order valence-corrected chi connectivity index (χ1v) is 5.50. The minimum Gasteiger partial charge on any atom is -0.480 e. The van der Waals surface area contributed by atoms with Gasteiger partial charge in [0, 0.05) is 23.5 Å². The van der Waals surface area contributed by atoms with Crippen LogP contribution in [0.2, 0.25) is 0 Å². The van der Waals surface area contributed by atoms with E-state index in [9.17, 15) is 4.79 Å². The van der Waals surface area contributed by atoms with Gasteiger partial charge in [0.15, 0.2) is 0 Å². The second-order valence-corrected chi connectivity index (χ2v) is 3.91. The molecule has 1 aromatic carbocycles. The lowest BCUT2D eigenvalue weighted by Crippen LogP contribution is -2.32. The van der Waals surface area contributed by atoms with Crippen LogP contribution in [0, 0.1) is 0 Å². The molecule has 1 atom stereocenters. The number of benzene rings is 1. The van der Waals surface area contributed by atoms with E-state index in [4.69, 9.17) is 15.6 Å². The highest BCUT2D eigenvalue weighted by Crippen LogP contribution is 2.18. The zero-order valence-corrected chi connectivity index (χ0v) is 12.3. The van der Waals surface area contributed by atoms with Gasteiger partial charge in [0.05, 0.1) is 0 Å². The molecule has 20 heavy (non-hydrogen) atoms. The van der Waals surface area contributed by atoms with Crippen molar-refractivity contribution in [2.24, 2.45) is 17.2 Å². The summed E-state index contributed by atoms with van der Waals surface area (Å²) in [6.07, 6.45) is 2.16. The molecule has 0 saturated heterocycles. The third-order valence-corrected chi connectivity index (χ3v) is 2.43. The van der Waals surface area contributed by atoms with Crippen LogP contribution in [0.5, 0.6) is 0 Å². The quantitative estimate of drug-likeness (QED) is 0.557. The third-order valence-electron chi connectivity index (χ3n) is 2.43. The largest absolute Gasteiger partial charge is 0.480 e. The van der Waals surface area contributed by atoms with E-state index in [1.54, 1.807) is 0 Å². The van der Waals surface area contributed by atoms with Crippen molar-refractivity contribution in [2.45, 2.75) is 12.5 Å². The van der Waals surface area contributed by atoms with Crippen molar-refractivity contribution in [1.29, 1.82) is 0 Å². The first-order valence-electron chi connectivity index (χ1n) is 5.50. The number of H-pyrrole nitrogens is 1. The van der Waals surface area contributed by atoms with Crippen LogP contribution in [-0.4, -0.2) is 28.1 Å². The van der Waals surface area contributed by atoms with Gasteiger partial charge in [-0.1, -0.05) is 18.2 Å². The number of primary amides is 2. The Morgan fingerprint density at radius 2 is 1.80 bits per heavy atom. The molecule has 0 unspecified atom stereocenters. The Morgan fingerprint density at radius 1 is 1.25 bits per heavy atom. The van der Waals surface area contributed by atoms with Gasteiger partial charge >= 0.3 is 12.0 Å². The minimum atomic E-state index is -0.972. The summed E-state index contributed by atoms with van der Waals surface area (Å²) in [6, 6.07) is 6.08. The van der Waals surface area contributed by atoms with Crippen LogP contribution in [-0.2, 0) is 11.2 Å². The zero-order chi connectivity index (χ0) is 14.4. The lowest BCUT2D eigenvalue weighted by atomic mass is 10.1. The van der Waals surface area contributed by atoms with Gasteiger partial charge in [0.1, 0.15) is 6.04 Å². The van der Waals surface area contributed by atoms with Crippen LogP contribution >= 0.6 is 17.0 Å². The molecular weight excluding hydrogens is 328 g/mol. The maximum Gasteiger partial charge on any atom is 0.320 e. The highest BCUT2D eigenvalue weighted by molar-refractivity contribution is 8.93. The van der Waals surface area contributed by atoms with E-state index >= 15 is 0 Å². The molecule has 1 heterocycles. The second kappa shape index (κ2) is 8.18. The van der Waals surface area contributed by atoms with Crippen molar-refractivity contribution < 1.29 is 14.7 Å². The Kier molecular flexibility index (Phi) is 7.34. The van der Waals surface area contributed by atoms with Crippen LogP contribution in [0.3, 0.4) is 0 Å². The normalized spacial score (nSPS) is 10.8. The maximum atomic E-state index is 10.6. The van der Waals surface area contributed by atoms with Crippen molar-refractivity contribution in [3.05, 3.63) is 36.0 Å². The van der Waals surface area contributed by atoms with Crippen molar-refractivity contribution in [1.82, 2.24) is 4.98 Å². The molecule has 0 radical (unpaired) electrons. The average molecular weight is 345 g/mol. The number of nitrogens with one attached hydrogen (secondary N) is 1. The summed E-state index contributed by atoms with van der Waals surface area (Å²) in [4.78, 5) is 22.7. The van der Waals surface area contributed by atoms with Gasteiger partial charge in [0.25, 0.3) is 0 Å². The number of carboxylic acids is 1. The number of fused-ring (bicyclic) bond motifs is 1. The molecule has 8 heteroatoms. The van der Waals surface area contributed by atoms with Gasteiger partial charge in [-0.05, 0) is 11.6 Å². The molecule has 0 bridgehead atoms. The molecule has 1 aromatic heterocycles. The smallest absolute Gasteiger partial charge is 0.320 e. The van der Waals surface area contributed by atoms with Crippen LogP contribution in [0.4, 0.5) is 4.79 Å². The first-order chi connectivity index (χ1) is 8.91. The van der Waals surface area contributed by atoms with E-state index in [0.717, 1.165) is 16.5 Å². The van der Waals surface area contributed by atoms with Crippen molar-refractivity contribution in [2.75, 3.05) is 0 Å². The molecular formula is C12H17BrN4O3. The van der Waals surface area contributed by atoms with Gasteiger partial charge in [-0.3, -0.25) is 4.79 Å². The SMILES string of the molecule is Br.NC(N)=O.N[C@@H](Cc1c[nH]c2ccccc12)C(=O)O. The van der Waals surface area contributed by atoms with E-state index < -0.39 is 18.0 Å². The number of rotatable bonds is 3. The Hall–Kier alpha value is -2.06. The summed E-state index contributed by atoms with van der Waals surface area (Å²) < 4.78 is 0. The van der Waals surface area contributed by atoms with E-state index in [0.29, 0.717) is 6.42 Å². The summed E-state index contributed by atoms with van der Waals surface area (Å²) >= 11 is 0. The molecule has 2 rings (SSSR count). The van der Waals surface area contributed by atoms with Gasteiger partial charge < -0.3 is 27.3 Å². The lowest BCUT2D eigenvalue weighted by molar-refractivity contribution is -0.138. The number of para-hydroxylation sites is 1. The summed E-state index contributed by atoms with van der Waals surface area (Å²) in [6.45, 7) is 0. The number of urea groups is 1. The molecule has 0 aliphatic carbocycles. The standard InChI is InChI=1S/C11H12N2O2.CH4N2O.BrH/c12-9(11(14)15)5-7-6-13-10-4-2-1-3-8(7)10;2-1(3)4;/h1-4,6,9,13H,5,12H2,(H,14,15);(H4,2,3,4);1H/t9-;;/m0../s1. The predicted octanol–water partition coefficient (Wildman–Crippen LogP) is 0.724. The van der Waals surface area contributed by atoms with Gasteiger partial charge in [-0.25, -0.2) is 4.79 Å². The van der Waals surface area contributed by atoms with Gasteiger partial charge in [0.2, 0.25) is 0 Å². The van der Waals surface area contributed by atoms with Crippen molar-refractivity contribution in [3.63, 3.8) is 0 Å². The molecule has 0 aliphatic rings. The first kappa shape index (κ1) is 17.9. The van der Waals surface area contributed by atoms with E-state index in [1.807, 2.05) is 30.5 Å². The number of nitrogens with two attached hydrogens (primary N) is 3. The van der Waals surface area contributed by atoms with Gasteiger partial charge in [-0.15, -0.1) is 17.0 Å². The Bertz CT molecular complexity index is 581. The fraction of sp³-hybridized carbons (Fsp3) is 0.167. The predicted molar refractivity (Wildman–Crippen MR) is 81.7 cm³/mol. The molecule has 110 valence electrons. The summed E-state index contributed by atoms with van der Waals surface area (Å²) in [5.41, 5.74) is 15.9. The zero-order valence-electron chi connectivity index (χ0n) is 10.6. The number of hydrogen-bond donors (Lipinski definition) is 5. The molecule has 2 amide bonds. The van der Waals surface area contributed by atoms with Crippen LogP contribution in [0.25, 0.3) is 10.9 Å². The highest BCUT2D eigenvalue weighted by Gasteiger charge is 2.14. The topological polar surface area (TPSA) is 148 Å². The Balaban J connectivity index is 0.000000644. The molecule has 0 spiro atoms. The van der Waals surface area contributed by atoms with E-state index in [2.05, 4.69) is 16.5 Å². The Morgan fingerprint density at radius 3 is 2.35 bits per heavy atom. The number of aromatic nitrogens is 1. The summed E-state index contributed by atoms with van der Waals surface area (Å²) in [5.74, 6) is -0.972. The molecule has 8 N–H and O–H groups in total. The van der Waals surface area contributed by atoms with Crippen LogP contribution in [0.1, 0.15) is 5.56 Å². The maximum absolute atomic E-state index is 10.6. The summed E-state index contributed by atoms with van der Waals surface area (Å²) in [7, 11) is 0. The number of hydrogen-bond acceptors (Lipinski definition) is 3. The number of carbonyl (C=O) groups is 2. The van der Waals surface area contributed by atoms with E-state index in [1.165, 1.54) is 0 Å².